The predicted octanol–water partition coefficient (Wildman–Crippen LogP) is 0.576. The summed E-state index contributed by atoms with van der Waals surface area (Å²) in [7, 11) is 2.07. The van der Waals surface area contributed by atoms with Gasteiger partial charge >= 0.3 is 0 Å². The van der Waals surface area contributed by atoms with Gasteiger partial charge in [0.25, 0.3) is 12.4 Å². The highest BCUT2D eigenvalue weighted by Crippen LogP contribution is 2.31. The second kappa shape index (κ2) is 9.40. The molecule has 146 valence electrons. The van der Waals surface area contributed by atoms with Gasteiger partial charge in [-0.2, -0.15) is 0 Å². The molecule has 1 N–H and O–H groups in total. The average molecular weight is 370 g/mol. The lowest BCUT2D eigenvalue weighted by molar-refractivity contribution is -0.152. The van der Waals surface area contributed by atoms with Crippen molar-refractivity contribution in [3.8, 4) is 0 Å². The molecule has 2 fully saturated rings. The maximum absolute atomic E-state index is 13.0. The van der Waals surface area contributed by atoms with Gasteiger partial charge in [-0.05, 0) is 63.1 Å². The molecule has 0 saturated carbocycles. The highest BCUT2D eigenvalue weighted by Gasteiger charge is 2.32. The van der Waals surface area contributed by atoms with Gasteiger partial charge in [-0.1, -0.05) is 29.2 Å². The second-order valence-electron chi connectivity index (χ2n) is 8.09. The van der Waals surface area contributed by atoms with Gasteiger partial charge in [0.15, 0.2) is 6.10 Å². The molecular formula is C21H31BN2O3. The number of hydrogen-bond acceptors (Lipinski definition) is 4. The summed E-state index contributed by atoms with van der Waals surface area (Å²) in [6.07, 6.45) is 4.35. The fourth-order valence-corrected chi connectivity index (χ4v) is 4.52. The zero-order valence-electron chi connectivity index (χ0n) is 16.6. The molecule has 0 aromatic heterocycles. The monoisotopic (exact) mass is 370 g/mol. The summed E-state index contributed by atoms with van der Waals surface area (Å²) in [4.78, 5) is 25.8. The first-order valence-electron chi connectivity index (χ1n) is 10.2. The minimum absolute atomic E-state index is 0.0518. The SMILES string of the molecule is Bc1ccc(C[C@@H](OC=O)C(=O)N2CCC(C3CCNCC3)CC2)cc1C. The summed E-state index contributed by atoms with van der Waals surface area (Å²) >= 11 is 0. The summed E-state index contributed by atoms with van der Waals surface area (Å²) < 4.78 is 5.19. The van der Waals surface area contributed by atoms with E-state index in [1.807, 2.05) is 11.0 Å². The number of rotatable bonds is 6. The Morgan fingerprint density at radius 2 is 1.93 bits per heavy atom. The largest absolute Gasteiger partial charge is 0.454 e. The lowest BCUT2D eigenvalue weighted by atomic mass is 9.79. The first-order valence-corrected chi connectivity index (χ1v) is 10.2. The van der Waals surface area contributed by atoms with Crippen LogP contribution in [0, 0.1) is 18.8 Å². The highest BCUT2D eigenvalue weighted by atomic mass is 16.5. The molecule has 2 heterocycles. The van der Waals surface area contributed by atoms with Crippen LogP contribution in [0.3, 0.4) is 0 Å². The van der Waals surface area contributed by atoms with Crippen molar-refractivity contribution < 1.29 is 14.3 Å². The van der Waals surface area contributed by atoms with Crippen LogP contribution in [0.5, 0.6) is 0 Å². The maximum Gasteiger partial charge on any atom is 0.293 e. The molecule has 1 amide bonds. The zero-order chi connectivity index (χ0) is 19.2. The Morgan fingerprint density at radius 3 is 2.56 bits per heavy atom. The standard InChI is InChI=1S/C21H31BN2O3/c1-15-12-16(2-3-19(15)22)13-20(27-14-25)21(26)24-10-6-18(7-11-24)17-4-8-23-9-5-17/h2-3,12,14,17-18,20,23H,4-11,13,22H2,1H3/t20-/m1/s1. The van der Waals surface area contributed by atoms with Crippen LogP contribution in [0.25, 0.3) is 0 Å². The smallest absolute Gasteiger partial charge is 0.293 e. The predicted molar refractivity (Wildman–Crippen MR) is 109 cm³/mol. The van der Waals surface area contributed by atoms with E-state index in [1.54, 1.807) is 0 Å². The van der Waals surface area contributed by atoms with E-state index in [-0.39, 0.29) is 5.91 Å². The Morgan fingerprint density at radius 1 is 1.26 bits per heavy atom. The Kier molecular flexibility index (Phi) is 6.94. The Hall–Kier alpha value is -1.82. The van der Waals surface area contributed by atoms with Crippen LogP contribution in [0.1, 0.15) is 36.8 Å². The van der Waals surface area contributed by atoms with Crippen molar-refractivity contribution in [2.75, 3.05) is 26.2 Å². The van der Waals surface area contributed by atoms with Gasteiger partial charge in [-0.25, -0.2) is 0 Å². The molecule has 0 bridgehead atoms. The van der Waals surface area contributed by atoms with E-state index in [1.165, 1.54) is 23.9 Å². The number of hydrogen-bond donors (Lipinski definition) is 1. The second-order valence-corrected chi connectivity index (χ2v) is 8.09. The van der Waals surface area contributed by atoms with E-state index in [4.69, 9.17) is 4.74 Å². The van der Waals surface area contributed by atoms with Gasteiger partial charge in [0.2, 0.25) is 0 Å². The summed E-state index contributed by atoms with van der Waals surface area (Å²) in [6.45, 7) is 6.26. The molecule has 27 heavy (non-hydrogen) atoms. The lowest BCUT2D eigenvalue weighted by Crippen LogP contribution is -2.47. The molecule has 3 rings (SSSR count). The van der Waals surface area contributed by atoms with Gasteiger partial charge in [-0.15, -0.1) is 0 Å². The summed E-state index contributed by atoms with van der Waals surface area (Å²) in [5.74, 6) is 1.46. The number of amides is 1. The van der Waals surface area contributed by atoms with Gasteiger partial charge in [-0.3, -0.25) is 9.59 Å². The third-order valence-electron chi connectivity index (χ3n) is 6.39. The van der Waals surface area contributed by atoms with Gasteiger partial charge in [0.05, 0.1) is 0 Å². The molecule has 0 spiro atoms. The molecule has 6 heteroatoms. The summed E-state index contributed by atoms with van der Waals surface area (Å²) in [5.41, 5.74) is 3.44. The highest BCUT2D eigenvalue weighted by molar-refractivity contribution is 6.33. The number of carbonyl (C=O) groups excluding carboxylic acids is 2. The minimum atomic E-state index is -0.722. The van der Waals surface area contributed by atoms with E-state index in [0.717, 1.165) is 56.4 Å². The summed E-state index contributed by atoms with van der Waals surface area (Å²) in [5, 5.41) is 3.43. The minimum Gasteiger partial charge on any atom is -0.454 e. The number of likely N-dealkylation sites (tertiary alicyclic amines) is 1. The van der Waals surface area contributed by atoms with Gasteiger partial charge in [0.1, 0.15) is 7.85 Å². The fraction of sp³-hybridized carbons (Fsp3) is 0.619. The van der Waals surface area contributed by atoms with E-state index in [9.17, 15) is 9.59 Å². The van der Waals surface area contributed by atoms with E-state index in [0.29, 0.717) is 12.9 Å². The molecule has 0 unspecified atom stereocenters. The van der Waals surface area contributed by atoms with E-state index in [2.05, 4.69) is 32.2 Å². The first kappa shape index (κ1) is 19.9. The normalized spacial score (nSPS) is 20.3. The van der Waals surface area contributed by atoms with Crippen LogP contribution in [0.4, 0.5) is 0 Å². The number of piperidine rings is 2. The molecule has 0 aliphatic carbocycles. The van der Waals surface area contributed by atoms with Gasteiger partial charge in [0, 0.05) is 19.5 Å². The Balaban J connectivity index is 1.58. The van der Waals surface area contributed by atoms with Crippen LogP contribution in [-0.4, -0.2) is 57.4 Å². The van der Waals surface area contributed by atoms with Crippen LogP contribution in [0.15, 0.2) is 18.2 Å². The molecule has 2 aliphatic rings. The molecule has 1 aromatic carbocycles. The molecule has 1 aromatic rings. The third kappa shape index (κ3) is 5.13. The van der Waals surface area contributed by atoms with Crippen molar-refractivity contribution >= 4 is 25.7 Å². The molecule has 1 atom stereocenters. The van der Waals surface area contributed by atoms with Crippen LogP contribution in [-0.2, 0) is 20.7 Å². The number of benzene rings is 1. The van der Waals surface area contributed by atoms with Gasteiger partial charge < -0.3 is 15.0 Å². The third-order valence-corrected chi connectivity index (χ3v) is 6.39. The number of aryl methyl sites for hydroxylation is 1. The number of ether oxygens (including phenoxy) is 1. The maximum atomic E-state index is 13.0. The fourth-order valence-electron chi connectivity index (χ4n) is 4.52. The summed E-state index contributed by atoms with van der Waals surface area (Å²) in [6, 6.07) is 6.14. The van der Waals surface area contributed by atoms with Crippen molar-refractivity contribution in [1.82, 2.24) is 10.2 Å². The van der Waals surface area contributed by atoms with E-state index < -0.39 is 6.10 Å². The average Bonchev–Trinajstić information content (AvgIpc) is 2.71. The topological polar surface area (TPSA) is 58.6 Å². The van der Waals surface area contributed by atoms with E-state index >= 15 is 0 Å². The van der Waals surface area contributed by atoms with Crippen molar-refractivity contribution in [3.05, 3.63) is 29.3 Å². The molecule has 2 saturated heterocycles. The number of nitrogens with one attached hydrogen (secondary N) is 1. The van der Waals surface area contributed by atoms with Crippen LogP contribution in [0.2, 0.25) is 0 Å². The number of carbonyl (C=O) groups is 2. The van der Waals surface area contributed by atoms with Crippen molar-refractivity contribution in [2.45, 2.75) is 45.1 Å². The zero-order valence-corrected chi connectivity index (χ0v) is 16.6. The van der Waals surface area contributed by atoms with Crippen molar-refractivity contribution in [3.63, 3.8) is 0 Å². The quantitative estimate of drug-likeness (QED) is 0.588. The molecule has 0 radical (unpaired) electrons. The van der Waals surface area contributed by atoms with Crippen molar-refractivity contribution in [2.24, 2.45) is 11.8 Å². The van der Waals surface area contributed by atoms with Crippen LogP contribution < -0.4 is 10.8 Å². The molecular weight excluding hydrogens is 339 g/mol. The van der Waals surface area contributed by atoms with Crippen molar-refractivity contribution in [1.29, 1.82) is 0 Å². The first-order chi connectivity index (χ1) is 13.1. The lowest BCUT2D eigenvalue weighted by Gasteiger charge is -2.38. The van der Waals surface area contributed by atoms with Crippen LogP contribution >= 0.6 is 0 Å². The Bertz CT molecular complexity index is 653. The molecule has 2 aliphatic heterocycles. The Labute approximate surface area is 163 Å². The molecule has 5 nitrogen and oxygen atoms in total. The number of nitrogens with zero attached hydrogens (tertiary/aromatic N) is 1.